The van der Waals surface area contributed by atoms with Crippen molar-refractivity contribution in [2.24, 2.45) is 0 Å². The third-order valence-electron chi connectivity index (χ3n) is 2.87. The zero-order valence-electron chi connectivity index (χ0n) is 8.43. The van der Waals surface area contributed by atoms with Gasteiger partial charge in [0.1, 0.15) is 0 Å². The van der Waals surface area contributed by atoms with Crippen LogP contribution in [0.5, 0.6) is 0 Å². The van der Waals surface area contributed by atoms with Crippen LogP contribution in [0.15, 0.2) is 25.2 Å². The zero-order chi connectivity index (χ0) is 10.0. The lowest BCUT2D eigenvalue weighted by molar-refractivity contribution is -0.877. The Kier molecular flexibility index (Phi) is 2.48. The highest BCUT2D eigenvalue weighted by Gasteiger charge is 2.25. The average molecular weight is 195 g/mol. The molecule has 0 spiro atoms. The molecule has 2 rings (SSSR count). The van der Waals surface area contributed by atoms with Crippen LogP contribution < -0.4 is 0 Å². The molecule has 2 aliphatic heterocycles. The normalized spacial score (nSPS) is 24.6. The van der Waals surface area contributed by atoms with E-state index in [9.17, 15) is 5.21 Å². The van der Waals surface area contributed by atoms with Crippen LogP contribution >= 0.6 is 0 Å². The molecule has 78 valence electrons. The minimum Gasteiger partial charge on any atom is -0.631 e. The molecule has 0 aromatic rings. The van der Waals surface area contributed by atoms with E-state index in [1.54, 1.807) is 6.20 Å². The Morgan fingerprint density at radius 2 is 2.07 bits per heavy atom. The van der Waals surface area contributed by atoms with Crippen LogP contribution in [-0.4, -0.2) is 40.9 Å². The summed E-state index contributed by atoms with van der Waals surface area (Å²) in [5.41, 5.74) is 0. The Bertz CT molecular complexity index is 246. The molecule has 0 bridgehead atoms. The van der Waals surface area contributed by atoms with Crippen LogP contribution in [-0.2, 0) is 0 Å². The molecule has 2 heterocycles. The van der Waals surface area contributed by atoms with E-state index in [4.69, 9.17) is 0 Å². The van der Waals surface area contributed by atoms with Crippen molar-refractivity contribution in [2.45, 2.75) is 12.8 Å². The Hall–Kier alpha value is -1.00. The van der Waals surface area contributed by atoms with Gasteiger partial charge >= 0.3 is 0 Å². The minimum atomic E-state index is -0.0463. The molecule has 4 nitrogen and oxygen atoms in total. The molecule has 0 amide bonds. The maximum Gasteiger partial charge on any atom is 0.155 e. The highest BCUT2D eigenvalue weighted by molar-refractivity contribution is 4.94. The zero-order valence-corrected chi connectivity index (χ0v) is 8.43. The van der Waals surface area contributed by atoms with Crippen LogP contribution in [0.3, 0.4) is 0 Å². The second-order valence-corrected chi connectivity index (χ2v) is 4.08. The van der Waals surface area contributed by atoms with E-state index in [0.29, 0.717) is 6.67 Å². The van der Waals surface area contributed by atoms with E-state index in [1.165, 1.54) is 0 Å². The number of hydrogen-bond donors (Lipinski definition) is 0. The molecule has 0 N–H and O–H groups in total. The predicted molar refractivity (Wildman–Crippen MR) is 55.3 cm³/mol. The lowest BCUT2D eigenvalue weighted by Gasteiger charge is -2.41. The van der Waals surface area contributed by atoms with E-state index in [-0.39, 0.29) is 4.65 Å². The van der Waals surface area contributed by atoms with Gasteiger partial charge in [-0.25, -0.2) is 0 Å². The van der Waals surface area contributed by atoms with Gasteiger partial charge in [0.25, 0.3) is 0 Å². The standard InChI is InChI=1S/C10H17N3O/c1-2-11-5-6-12(9-11)10-13(14)7-3-4-8-13/h2,5-6H,1,3-4,7-10H2. The van der Waals surface area contributed by atoms with Crippen molar-refractivity contribution in [3.05, 3.63) is 30.4 Å². The van der Waals surface area contributed by atoms with Crippen molar-refractivity contribution >= 4 is 0 Å². The SMILES string of the molecule is C=CN1C=CN(C[N+]2([O-])CCCC2)C1. The van der Waals surface area contributed by atoms with Gasteiger partial charge in [0.15, 0.2) is 6.67 Å². The summed E-state index contributed by atoms with van der Waals surface area (Å²) >= 11 is 0. The number of nitrogens with zero attached hydrogens (tertiary/aromatic N) is 3. The summed E-state index contributed by atoms with van der Waals surface area (Å²) < 4.78 is -0.0463. The van der Waals surface area contributed by atoms with Crippen molar-refractivity contribution in [3.8, 4) is 0 Å². The first-order valence-electron chi connectivity index (χ1n) is 5.10. The van der Waals surface area contributed by atoms with E-state index in [0.717, 1.165) is 32.6 Å². The third-order valence-corrected chi connectivity index (χ3v) is 2.87. The number of rotatable bonds is 3. The second-order valence-electron chi connectivity index (χ2n) is 4.08. The van der Waals surface area contributed by atoms with Crippen LogP contribution in [0.2, 0.25) is 0 Å². The van der Waals surface area contributed by atoms with E-state index in [2.05, 4.69) is 11.5 Å². The summed E-state index contributed by atoms with van der Waals surface area (Å²) in [5, 5.41) is 12.1. The summed E-state index contributed by atoms with van der Waals surface area (Å²) in [4.78, 5) is 4.03. The minimum absolute atomic E-state index is 0.0463. The van der Waals surface area contributed by atoms with Crippen LogP contribution in [0, 0.1) is 5.21 Å². The molecule has 14 heavy (non-hydrogen) atoms. The average Bonchev–Trinajstić information content (AvgIpc) is 2.75. The Labute approximate surface area is 84.9 Å². The van der Waals surface area contributed by atoms with E-state index >= 15 is 0 Å². The first-order valence-corrected chi connectivity index (χ1v) is 5.10. The fourth-order valence-electron chi connectivity index (χ4n) is 2.08. The largest absolute Gasteiger partial charge is 0.631 e. The molecule has 0 aromatic heterocycles. The molecule has 2 aliphatic rings. The summed E-state index contributed by atoms with van der Waals surface area (Å²) in [6.45, 7) is 6.60. The predicted octanol–water partition coefficient (Wildman–Crippen LogP) is 1.24. The fourth-order valence-corrected chi connectivity index (χ4v) is 2.08. The lowest BCUT2D eigenvalue weighted by Crippen LogP contribution is -2.46. The van der Waals surface area contributed by atoms with E-state index < -0.39 is 0 Å². The van der Waals surface area contributed by atoms with Gasteiger partial charge in [-0.1, -0.05) is 6.58 Å². The molecular formula is C10H17N3O. The quantitative estimate of drug-likeness (QED) is 0.501. The molecular weight excluding hydrogens is 178 g/mol. The highest BCUT2D eigenvalue weighted by atomic mass is 16.5. The first-order chi connectivity index (χ1) is 6.72. The topological polar surface area (TPSA) is 29.5 Å². The third kappa shape index (κ3) is 1.91. The van der Waals surface area contributed by atoms with Crippen molar-refractivity contribution in [1.82, 2.24) is 9.80 Å². The molecule has 0 atom stereocenters. The summed E-state index contributed by atoms with van der Waals surface area (Å²) in [7, 11) is 0. The first kappa shape index (κ1) is 9.55. The van der Waals surface area contributed by atoms with Crippen LogP contribution in [0.4, 0.5) is 0 Å². The number of quaternary nitrogens is 1. The number of hydroxylamine groups is 3. The van der Waals surface area contributed by atoms with Gasteiger partial charge < -0.3 is 19.7 Å². The second kappa shape index (κ2) is 3.63. The van der Waals surface area contributed by atoms with Gasteiger partial charge in [-0.15, -0.1) is 0 Å². The molecule has 1 saturated heterocycles. The fraction of sp³-hybridized carbons (Fsp3) is 0.600. The Morgan fingerprint density at radius 3 is 2.64 bits per heavy atom. The van der Waals surface area contributed by atoms with Crippen molar-refractivity contribution < 1.29 is 4.65 Å². The Balaban J connectivity index is 1.87. The van der Waals surface area contributed by atoms with Gasteiger partial charge in [-0.2, -0.15) is 0 Å². The maximum absolute atomic E-state index is 12.1. The Morgan fingerprint density at radius 1 is 1.36 bits per heavy atom. The van der Waals surface area contributed by atoms with Gasteiger partial charge in [0, 0.05) is 25.2 Å². The molecule has 0 aliphatic carbocycles. The van der Waals surface area contributed by atoms with Crippen molar-refractivity contribution in [3.63, 3.8) is 0 Å². The summed E-state index contributed by atoms with van der Waals surface area (Å²) in [6, 6.07) is 0. The van der Waals surface area contributed by atoms with Gasteiger partial charge in [0.2, 0.25) is 0 Å². The van der Waals surface area contributed by atoms with Gasteiger partial charge in [0.05, 0.1) is 19.8 Å². The van der Waals surface area contributed by atoms with Crippen molar-refractivity contribution in [1.29, 1.82) is 0 Å². The summed E-state index contributed by atoms with van der Waals surface area (Å²) in [5.74, 6) is 0. The van der Waals surface area contributed by atoms with E-state index in [1.807, 2.05) is 17.3 Å². The molecule has 0 aromatic carbocycles. The lowest BCUT2D eigenvalue weighted by atomic mass is 10.4. The maximum atomic E-state index is 12.1. The van der Waals surface area contributed by atoms with Crippen molar-refractivity contribution in [2.75, 3.05) is 26.4 Å². The summed E-state index contributed by atoms with van der Waals surface area (Å²) in [6.07, 6.45) is 7.85. The monoisotopic (exact) mass is 195 g/mol. The molecule has 0 unspecified atom stereocenters. The molecule has 0 radical (unpaired) electrons. The van der Waals surface area contributed by atoms with Gasteiger partial charge in [-0.3, -0.25) is 0 Å². The molecule has 0 saturated carbocycles. The van der Waals surface area contributed by atoms with Gasteiger partial charge in [-0.05, 0) is 6.20 Å². The smallest absolute Gasteiger partial charge is 0.155 e. The number of hydrogen-bond acceptors (Lipinski definition) is 3. The molecule has 4 heteroatoms. The number of likely N-dealkylation sites (tertiary alicyclic amines) is 1. The van der Waals surface area contributed by atoms with Crippen LogP contribution in [0.25, 0.3) is 0 Å². The molecule has 1 fully saturated rings. The van der Waals surface area contributed by atoms with Crippen LogP contribution in [0.1, 0.15) is 12.8 Å². The highest BCUT2D eigenvalue weighted by Crippen LogP contribution is 2.19.